The summed E-state index contributed by atoms with van der Waals surface area (Å²) >= 11 is 5.89. The standard InChI is InChI=1S/C19H22ClNO/c1-13-4-5-15(3)18(11-13)21-19(22)12-14(2)10-16-6-8-17(20)9-7-16/h4-9,11,14H,10,12H2,1-3H3,(H,21,22). The number of hydrogen-bond acceptors (Lipinski definition) is 1. The molecule has 2 rings (SSSR count). The largest absolute Gasteiger partial charge is 0.326 e. The van der Waals surface area contributed by atoms with Crippen molar-refractivity contribution >= 4 is 23.2 Å². The molecule has 0 bridgehead atoms. The number of nitrogens with one attached hydrogen (secondary N) is 1. The molecule has 2 aromatic carbocycles. The van der Waals surface area contributed by atoms with Gasteiger partial charge in [0, 0.05) is 17.1 Å². The number of benzene rings is 2. The average Bonchev–Trinajstić information content (AvgIpc) is 2.45. The predicted molar refractivity (Wildman–Crippen MR) is 93.5 cm³/mol. The van der Waals surface area contributed by atoms with E-state index >= 15 is 0 Å². The molecule has 0 saturated carbocycles. The zero-order valence-corrected chi connectivity index (χ0v) is 14.1. The Morgan fingerprint density at radius 2 is 1.82 bits per heavy atom. The number of halogens is 1. The summed E-state index contributed by atoms with van der Waals surface area (Å²) in [5.41, 5.74) is 4.35. The number of rotatable bonds is 5. The second kappa shape index (κ2) is 7.46. The van der Waals surface area contributed by atoms with Crippen molar-refractivity contribution in [2.24, 2.45) is 5.92 Å². The number of carbonyl (C=O) groups is 1. The number of carbonyl (C=O) groups excluding carboxylic acids is 1. The molecule has 0 spiro atoms. The van der Waals surface area contributed by atoms with Crippen LogP contribution in [0.2, 0.25) is 5.02 Å². The summed E-state index contributed by atoms with van der Waals surface area (Å²) in [4.78, 5) is 12.2. The van der Waals surface area contributed by atoms with Crippen molar-refractivity contribution in [2.45, 2.75) is 33.6 Å². The van der Waals surface area contributed by atoms with Gasteiger partial charge in [-0.2, -0.15) is 0 Å². The lowest BCUT2D eigenvalue weighted by atomic mass is 9.97. The van der Waals surface area contributed by atoms with Crippen molar-refractivity contribution in [2.75, 3.05) is 5.32 Å². The summed E-state index contributed by atoms with van der Waals surface area (Å²) in [6.45, 7) is 6.13. The third-order valence-corrected chi connectivity index (χ3v) is 3.95. The van der Waals surface area contributed by atoms with Crippen LogP contribution in [0.3, 0.4) is 0 Å². The Balaban J connectivity index is 1.91. The lowest BCUT2D eigenvalue weighted by molar-refractivity contribution is -0.116. The van der Waals surface area contributed by atoms with Gasteiger partial charge < -0.3 is 5.32 Å². The van der Waals surface area contributed by atoms with Crippen LogP contribution >= 0.6 is 11.6 Å². The molecule has 22 heavy (non-hydrogen) atoms. The molecule has 1 unspecified atom stereocenters. The number of anilines is 1. The molecule has 0 saturated heterocycles. The van der Waals surface area contributed by atoms with E-state index in [-0.39, 0.29) is 11.8 Å². The van der Waals surface area contributed by atoms with Crippen LogP contribution in [-0.2, 0) is 11.2 Å². The molecule has 0 aliphatic rings. The molecular formula is C19H22ClNO. The van der Waals surface area contributed by atoms with Crippen LogP contribution in [0.1, 0.15) is 30.0 Å². The molecule has 0 aliphatic carbocycles. The quantitative estimate of drug-likeness (QED) is 0.810. The molecule has 1 N–H and O–H groups in total. The second-order valence-electron chi connectivity index (χ2n) is 6.01. The fourth-order valence-corrected chi connectivity index (χ4v) is 2.61. The smallest absolute Gasteiger partial charge is 0.224 e. The summed E-state index contributed by atoms with van der Waals surface area (Å²) in [5.74, 6) is 0.349. The fourth-order valence-electron chi connectivity index (χ4n) is 2.48. The van der Waals surface area contributed by atoms with Crippen molar-refractivity contribution in [3.63, 3.8) is 0 Å². The van der Waals surface area contributed by atoms with Crippen molar-refractivity contribution in [1.29, 1.82) is 0 Å². The Bertz CT molecular complexity index is 649. The minimum Gasteiger partial charge on any atom is -0.326 e. The highest BCUT2D eigenvalue weighted by atomic mass is 35.5. The summed E-state index contributed by atoms with van der Waals surface area (Å²) < 4.78 is 0. The number of amides is 1. The van der Waals surface area contributed by atoms with E-state index in [9.17, 15) is 4.79 Å². The first-order valence-electron chi connectivity index (χ1n) is 7.55. The van der Waals surface area contributed by atoms with Gasteiger partial charge in [0.15, 0.2) is 0 Å². The van der Waals surface area contributed by atoms with E-state index < -0.39 is 0 Å². The van der Waals surface area contributed by atoms with E-state index in [2.05, 4.69) is 12.2 Å². The van der Waals surface area contributed by atoms with Crippen LogP contribution in [0.15, 0.2) is 42.5 Å². The first kappa shape index (κ1) is 16.6. The summed E-state index contributed by atoms with van der Waals surface area (Å²) in [5, 5.41) is 3.76. The van der Waals surface area contributed by atoms with E-state index in [0.29, 0.717) is 6.42 Å². The molecular weight excluding hydrogens is 294 g/mol. The predicted octanol–water partition coefficient (Wildman–Crippen LogP) is 5.16. The summed E-state index contributed by atoms with van der Waals surface area (Å²) in [6.07, 6.45) is 1.38. The third kappa shape index (κ3) is 4.88. The van der Waals surface area contributed by atoms with Gasteiger partial charge in [-0.3, -0.25) is 4.79 Å². The lowest BCUT2D eigenvalue weighted by Crippen LogP contribution is -2.17. The maximum atomic E-state index is 12.2. The maximum Gasteiger partial charge on any atom is 0.224 e. The van der Waals surface area contributed by atoms with Gasteiger partial charge in [0.25, 0.3) is 0 Å². The van der Waals surface area contributed by atoms with E-state index in [1.807, 2.05) is 56.3 Å². The zero-order chi connectivity index (χ0) is 16.1. The van der Waals surface area contributed by atoms with Gasteiger partial charge in [-0.1, -0.05) is 42.8 Å². The zero-order valence-electron chi connectivity index (χ0n) is 13.3. The minimum atomic E-state index is 0.0650. The molecule has 3 heteroatoms. The van der Waals surface area contributed by atoms with Crippen molar-refractivity contribution in [3.8, 4) is 0 Å². The molecule has 1 atom stereocenters. The Kier molecular flexibility index (Phi) is 5.62. The SMILES string of the molecule is Cc1ccc(C)c(NC(=O)CC(C)Cc2ccc(Cl)cc2)c1. The van der Waals surface area contributed by atoms with E-state index in [0.717, 1.165) is 28.3 Å². The first-order valence-corrected chi connectivity index (χ1v) is 7.93. The van der Waals surface area contributed by atoms with E-state index in [1.165, 1.54) is 5.56 Å². The Labute approximate surface area is 137 Å². The molecule has 116 valence electrons. The van der Waals surface area contributed by atoms with Gasteiger partial charge in [0.2, 0.25) is 5.91 Å². The monoisotopic (exact) mass is 315 g/mol. The fraction of sp³-hybridized carbons (Fsp3) is 0.316. The minimum absolute atomic E-state index is 0.0650. The molecule has 1 amide bonds. The van der Waals surface area contributed by atoms with Gasteiger partial charge in [-0.25, -0.2) is 0 Å². The molecule has 0 heterocycles. The van der Waals surface area contributed by atoms with Crippen LogP contribution in [0.4, 0.5) is 5.69 Å². The maximum absolute atomic E-state index is 12.2. The Morgan fingerprint density at radius 1 is 1.14 bits per heavy atom. The number of hydrogen-bond donors (Lipinski definition) is 1. The van der Waals surface area contributed by atoms with Crippen LogP contribution in [0, 0.1) is 19.8 Å². The van der Waals surface area contributed by atoms with E-state index in [4.69, 9.17) is 11.6 Å². The van der Waals surface area contributed by atoms with Crippen molar-refractivity contribution < 1.29 is 4.79 Å². The highest BCUT2D eigenvalue weighted by molar-refractivity contribution is 6.30. The second-order valence-corrected chi connectivity index (χ2v) is 6.44. The van der Waals surface area contributed by atoms with Gasteiger partial charge in [0.05, 0.1) is 0 Å². The summed E-state index contributed by atoms with van der Waals surface area (Å²) in [7, 11) is 0. The molecule has 0 radical (unpaired) electrons. The average molecular weight is 316 g/mol. The van der Waals surface area contributed by atoms with Crippen LogP contribution in [0.25, 0.3) is 0 Å². The normalized spacial score (nSPS) is 12.0. The van der Waals surface area contributed by atoms with Gasteiger partial charge in [-0.05, 0) is 61.1 Å². The molecule has 2 aromatic rings. The van der Waals surface area contributed by atoms with Crippen LogP contribution in [0.5, 0.6) is 0 Å². The molecule has 0 aliphatic heterocycles. The first-order chi connectivity index (χ1) is 10.4. The molecule has 0 fully saturated rings. The Hall–Kier alpha value is -1.80. The van der Waals surface area contributed by atoms with Gasteiger partial charge >= 0.3 is 0 Å². The highest BCUT2D eigenvalue weighted by Gasteiger charge is 2.11. The third-order valence-electron chi connectivity index (χ3n) is 3.70. The van der Waals surface area contributed by atoms with Gasteiger partial charge in [0.1, 0.15) is 0 Å². The number of aryl methyl sites for hydroxylation is 2. The summed E-state index contributed by atoms with van der Waals surface area (Å²) in [6, 6.07) is 13.9. The highest BCUT2D eigenvalue weighted by Crippen LogP contribution is 2.19. The van der Waals surface area contributed by atoms with Crippen molar-refractivity contribution in [3.05, 3.63) is 64.2 Å². The Morgan fingerprint density at radius 3 is 2.50 bits per heavy atom. The molecule has 2 nitrogen and oxygen atoms in total. The lowest BCUT2D eigenvalue weighted by Gasteiger charge is -2.13. The van der Waals surface area contributed by atoms with E-state index in [1.54, 1.807) is 0 Å². The van der Waals surface area contributed by atoms with Gasteiger partial charge in [-0.15, -0.1) is 0 Å². The topological polar surface area (TPSA) is 29.1 Å². The van der Waals surface area contributed by atoms with Crippen molar-refractivity contribution in [1.82, 2.24) is 0 Å². The van der Waals surface area contributed by atoms with Crippen LogP contribution in [-0.4, -0.2) is 5.91 Å². The van der Waals surface area contributed by atoms with Crippen LogP contribution < -0.4 is 5.32 Å². The molecule has 0 aromatic heterocycles.